The number of piperidine rings is 1. The molecule has 1 N–H and O–H groups in total. The molecule has 0 bridgehead atoms. The number of hydrogen-bond donors (Lipinski definition) is 1. The molecule has 0 aliphatic carbocycles. The van der Waals surface area contributed by atoms with Crippen molar-refractivity contribution in [1.82, 2.24) is 9.88 Å². The van der Waals surface area contributed by atoms with Gasteiger partial charge in [0.15, 0.2) is 0 Å². The Bertz CT molecular complexity index is 281. The molecule has 0 spiro atoms. The Morgan fingerprint density at radius 3 is 2.27 bits per heavy atom. The van der Waals surface area contributed by atoms with Crippen LogP contribution in [0, 0.1) is 19.8 Å². The normalized spacial score (nSPS) is 17.5. The Hall–Kier alpha value is -0.470. The summed E-state index contributed by atoms with van der Waals surface area (Å²) < 4.78 is 2.45. The molecule has 0 saturated carbocycles. The monoisotopic (exact) mass is 228 g/mol. The van der Waals surface area contributed by atoms with E-state index in [-0.39, 0.29) is 12.4 Å². The fourth-order valence-corrected chi connectivity index (χ4v) is 2.31. The van der Waals surface area contributed by atoms with E-state index in [0.29, 0.717) is 0 Å². The zero-order chi connectivity index (χ0) is 9.97. The van der Waals surface area contributed by atoms with Crippen molar-refractivity contribution in [2.75, 3.05) is 13.1 Å². The van der Waals surface area contributed by atoms with Crippen molar-refractivity contribution in [2.45, 2.75) is 33.2 Å². The van der Waals surface area contributed by atoms with Gasteiger partial charge in [-0.1, -0.05) is 0 Å². The number of aryl methyl sites for hydroxylation is 2. The number of aromatic nitrogens is 1. The fourth-order valence-electron chi connectivity index (χ4n) is 2.31. The molecule has 0 unspecified atom stereocenters. The second-order valence-corrected chi connectivity index (χ2v) is 4.42. The molecule has 0 radical (unpaired) electrons. The minimum atomic E-state index is 0. The predicted octanol–water partition coefficient (Wildman–Crippen LogP) is 2.53. The molecule has 0 atom stereocenters. The van der Waals surface area contributed by atoms with Crippen molar-refractivity contribution >= 4 is 12.4 Å². The number of nitrogens with one attached hydrogen (secondary N) is 1. The smallest absolute Gasteiger partial charge is 0.0253 e. The van der Waals surface area contributed by atoms with Crippen LogP contribution in [-0.4, -0.2) is 17.7 Å². The van der Waals surface area contributed by atoms with Crippen LogP contribution in [0.5, 0.6) is 0 Å². The maximum Gasteiger partial charge on any atom is 0.0253 e. The first-order valence-electron chi connectivity index (χ1n) is 5.61. The van der Waals surface area contributed by atoms with Gasteiger partial charge < -0.3 is 9.88 Å². The van der Waals surface area contributed by atoms with E-state index in [1.807, 2.05) is 0 Å². The van der Waals surface area contributed by atoms with Crippen molar-refractivity contribution < 1.29 is 0 Å². The van der Waals surface area contributed by atoms with Gasteiger partial charge >= 0.3 is 0 Å². The highest BCUT2D eigenvalue weighted by atomic mass is 35.5. The summed E-state index contributed by atoms with van der Waals surface area (Å²) in [5.41, 5.74) is 2.81. The largest absolute Gasteiger partial charge is 0.349 e. The van der Waals surface area contributed by atoms with Gasteiger partial charge in [0, 0.05) is 17.9 Å². The first-order chi connectivity index (χ1) is 6.77. The van der Waals surface area contributed by atoms with Gasteiger partial charge in [-0.15, -0.1) is 12.4 Å². The van der Waals surface area contributed by atoms with E-state index < -0.39 is 0 Å². The van der Waals surface area contributed by atoms with Crippen LogP contribution in [0.15, 0.2) is 12.1 Å². The Morgan fingerprint density at radius 1 is 1.20 bits per heavy atom. The Morgan fingerprint density at radius 2 is 1.73 bits per heavy atom. The number of rotatable bonds is 2. The highest BCUT2D eigenvalue weighted by molar-refractivity contribution is 5.85. The van der Waals surface area contributed by atoms with Crippen LogP contribution in [0.25, 0.3) is 0 Å². The van der Waals surface area contributed by atoms with E-state index >= 15 is 0 Å². The molecule has 86 valence electrons. The highest BCUT2D eigenvalue weighted by Gasteiger charge is 2.14. The van der Waals surface area contributed by atoms with Gasteiger partial charge in [0.1, 0.15) is 0 Å². The van der Waals surface area contributed by atoms with Gasteiger partial charge in [0.2, 0.25) is 0 Å². The Balaban J connectivity index is 0.00000112. The van der Waals surface area contributed by atoms with E-state index in [2.05, 4.69) is 35.9 Å². The van der Waals surface area contributed by atoms with Gasteiger partial charge in [-0.2, -0.15) is 0 Å². The maximum atomic E-state index is 3.41. The quantitative estimate of drug-likeness (QED) is 0.823. The molecule has 3 heteroatoms. The third kappa shape index (κ3) is 2.99. The molecule has 2 heterocycles. The standard InChI is InChI=1S/C12H20N2.ClH/c1-10-3-4-11(2)14(10)9-12-5-7-13-8-6-12;/h3-4,12-13H,5-9H2,1-2H3;1H. The molecule has 1 aliphatic rings. The van der Waals surface area contributed by atoms with E-state index in [1.54, 1.807) is 0 Å². The van der Waals surface area contributed by atoms with Crippen molar-refractivity contribution in [1.29, 1.82) is 0 Å². The van der Waals surface area contributed by atoms with E-state index in [9.17, 15) is 0 Å². The summed E-state index contributed by atoms with van der Waals surface area (Å²) in [5, 5.41) is 3.41. The highest BCUT2D eigenvalue weighted by Crippen LogP contribution is 2.17. The van der Waals surface area contributed by atoms with Gasteiger partial charge in [-0.05, 0) is 57.8 Å². The van der Waals surface area contributed by atoms with Crippen LogP contribution in [0.1, 0.15) is 24.2 Å². The summed E-state index contributed by atoms with van der Waals surface area (Å²) >= 11 is 0. The zero-order valence-corrected chi connectivity index (χ0v) is 10.4. The van der Waals surface area contributed by atoms with Crippen molar-refractivity contribution in [2.24, 2.45) is 5.92 Å². The fraction of sp³-hybridized carbons (Fsp3) is 0.667. The molecule has 0 amide bonds. The second-order valence-electron chi connectivity index (χ2n) is 4.42. The summed E-state index contributed by atoms with van der Waals surface area (Å²) in [4.78, 5) is 0. The van der Waals surface area contributed by atoms with Crippen LogP contribution >= 0.6 is 12.4 Å². The Kier molecular flexibility index (Phi) is 4.68. The molecule has 1 aromatic rings. The Labute approximate surface area is 98.5 Å². The topological polar surface area (TPSA) is 17.0 Å². The summed E-state index contributed by atoms with van der Waals surface area (Å²) in [6, 6.07) is 4.44. The first kappa shape index (κ1) is 12.6. The molecule has 1 saturated heterocycles. The van der Waals surface area contributed by atoms with Gasteiger partial charge in [-0.3, -0.25) is 0 Å². The molecular formula is C12H21ClN2. The average Bonchev–Trinajstić information content (AvgIpc) is 2.51. The van der Waals surface area contributed by atoms with Gasteiger partial charge in [0.25, 0.3) is 0 Å². The predicted molar refractivity (Wildman–Crippen MR) is 66.7 cm³/mol. The third-order valence-corrected chi connectivity index (χ3v) is 3.32. The van der Waals surface area contributed by atoms with Gasteiger partial charge in [0.05, 0.1) is 0 Å². The summed E-state index contributed by atoms with van der Waals surface area (Å²) in [6.45, 7) is 8.02. The van der Waals surface area contributed by atoms with E-state index in [4.69, 9.17) is 0 Å². The molecule has 1 fully saturated rings. The maximum absolute atomic E-state index is 3.41. The SMILES string of the molecule is Cc1ccc(C)n1CC1CCNCC1.Cl. The van der Waals surface area contributed by atoms with Gasteiger partial charge in [-0.25, -0.2) is 0 Å². The lowest BCUT2D eigenvalue weighted by atomic mass is 9.98. The lowest BCUT2D eigenvalue weighted by molar-refractivity contribution is 0.329. The van der Waals surface area contributed by atoms with Crippen molar-refractivity contribution in [3.8, 4) is 0 Å². The van der Waals surface area contributed by atoms with Crippen molar-refractivity contribution in [3.63, 3.8) is 0 Å². The van der Waals surface area contributed by atoms with E-state index in [0.717, 1.165) is 5.92 Å². The van der Waals surface area contributed by atoms with Crippen LogP contribution in [0.2, 0.25) is 0 Å². The number of nitrogens with zero attached hydrogens (tertiary/aromatic N) is 1. The molecule has 2 rings (SSSR count). The summed E-state index contributed by atoms with van der Waals surface area (Å²) in [5.74, 6) is 0.876. The molecule has 2 nitrogen and oxygen atoms in total. The molecule has 1 aromatic heterocycles. The minimum absolute atomic E-state index is 0. The van der Waals surface area contributed by atoms with Crippen LogP contribution in [0.4, 0.5) is 0 Å². The lowest BCUT2D eigenvalue weighted by Gasteiger charge is -2.24. The number of hydrogen-bond acceptors (Lipinski definition) is 1. The lowest BCUT2D eigenvalue weighted by Crippen LogP contribution is -2.30. The molecule has 15 heavy (non-hydrogen) atoms. The van der Waals surface area contributed by atoms with E-state index in [1.165, 1.54) is 43.9 Å². The number of halogens is 1. The van der Waals surface area contributed by atoms with Crippen molar-refractivity contribution in [3.05, 3.63) is 23.5 Å². The second kappa shape index (κ2) is 5.57. The van der Waals surface area contributed by atoms with Crippen LogP contribution in [-0.2, 0) is 6.54 Å². The third-order valence-electron chi connectivity index (χ3n) is 3.32. The molecular weight excluding hydrogens is 208 g/mol. The molecule has 0 aromatic carbocycles. The minimum Gasteiger partial charge on any atom is -0.349 e. The van der Waals surface area contributed by atoms with Crippen LogP contribution < -0.4 is 5.32 Å². The summed E-state index contributed by atoms with van der Waals surface area (Å²) in [7, 11) is 0. The molecule has 1 aliphatic heterocycles. The van der Waals surface area contributed by atoms with Crippen LogP contribution in [0.3, 0.4) is 0 Å². The summed E-state index contributed by atoms with van der Waals surface area (Å²) in [6.07, 6.45) is 2.66. The first-order valence-corrected chi connectivity index (χ1v) is 5.61. The zero-order valence-electron chi connectivity index (χ0n) is 9.62. The average molecular weight is 229 g/mol.